The molecule has 7 nitrogen and oxygen atoms in total. The molecule has 1 aromatic heterocycles. The van der Waals surface area contributed by atoms with Gasteiger partial charge in [-0.2, -0.15) is 4.31 Å². The first-order valence-corrected chi connectivity index (χ1v) is 10.7. The van der Waals surface area contributed by atoms with Gasteiger partial charge in [0.1, 0.15) is 15.8 Å². The van der Waals surface area contributed by atoms with Gasteiger partial charge in [0.25, 0.3) is 10.0 Å². The molecule has 1 aliphatic rings. The van der Waals surface area contributed by atoms with E-state index in [0.717, 1.165) is 23.5 Å². The third-order valence-electron chi connectivity index (χ3n) is 4.26. The number of nitrogens with zero attached hydrogens (tertiary/aromatic N) is 1. The summed E-state index contributed by atoms with van der Waals surface area (Å²) in [4.78, 5) is 23.9. The second-order valence-corrected chi connectivity index (χ2v) is 9.20. The molecular formula is C17H17F2N3O4S2. The lowest BCUT2D eigenvalue weighted by Crippen LogP contribution is -2.45. The van der Waals surface area contributed by atoms with E-state index in [2.05, 4.69) is 10.6 Å². The zero-order valence-electron chi connectivity index (χ0n) is 14.5. The molecule has 28 heavy (non-hydrogen) atoms. The van der Waals surface area contributed by atoms with Crippen molar-refractivity contribution in [3.63, 3.8) is 0 Å². The van der Waals surface area contributed by atoms with Crippen LogP contribution in [0.5, 0.6) is 0 Å². The van der Waals surface area contributed by atoms with E-state index in [4.69, 9.17) is 0 Å². The Labute approximate surface area is 164 Å². The van der Waals surface area contributed by atoms with E-state index in [9.17, 15) is 26.8 Å². The van der Waals surface area contributed by atoms with Crippen LogP contribution in [-0.2, 0) is 19.6 Å². The van der Waals surface area contributed by atoms with Crippen LogP contribution in [-0.4, -0.2) is 43.7 Å². The fourth-order valence-corrected chi connectivity index (χ4v) is 5.73. The highest BCUT2D eigenvalue weighted by molar-refractivity contribution is 7.91. The number of carbonyl (C=O) groups excluding carboxylic acids is 2. The van der Waals surface area contributed by atoms with Crippen molar-refractivity contribution in [3.05, 3.63) is 47.3 Å². The zero-order valence-corrected chi connectivity index (χ0v) is 16.2. The highest BCUT2D eigenvalue weighted by Gasteiger charge is 2.36. The van der Waals surface area contributed by atoms with Gasteiger partial charge >= 0.3 is 11.8 Å². The third kappa shape index (κ3) is 4.37. The van der Waals surface area contributed by atoms with E-state index >= 15 is 0 Å². The summed E-state index contributed by atoms with van der Waals surface area (Å²) in [6, 6.07) is 5.21. The van der Waals surface area contributed by atoms with Gasteiger partial charge in [0.15, 0.2) is 0 Å². The molecule has 0 bridgehead atoms. The molecule has 2 amide bonds. The molecule has 2 aromatic rings. The van der Waals surface area contributed by atoms with Crippen molar-refractivity contribution < 1.29 is 26.8 Å². The molecule has 1 fully saturated rings. The fraction of sp³-hybridized carbons (Fsp3) is 0.294. The summed E-state index contributed by atoms with van der Waals surface area (Å²) < 4.78 is 53.3. The molecule has 0 aliphatic carbocycles. The van der Waals surface area contributed by atoms with Crippen molar-refractivity contribution in [1.29, 1.82) is 0 Å². The minimum atomic E-state index is -3.66. The van der Waals surface area contributed by atoms with Crippen molar-refractivity contribution in [1.82, 2.24) is 9.62 Å². The highest BCUT2D eigenvalue weighted by Crippen LogP contribution is 2.28. The average Bonchev–Trinajstić information content (AvgIpc) is 3.34. The van der Waals surface area contributed by atoms with Crippen LogP contribution in [0.25, 0.3) is 0 Å². The lowest BCUT2D eigenvalue weighted by Gasteiger charge is -2.23. The maximum absolute atomic E-state index is 13.6. The maximum atomic E-state index is 13.6. The minimum Gasteiger partial charge on any atom is -0.346 e. The van der Waals surface area contributed by atoms with Gasteiger partial charge in [0, 0.05) is 25.2 Å². The van der Waals surface area contributed by atoms with Gasteiger partial charge in [0.05, 0.1) is 5.69 Å². The molecule has 11 heteroatoms. The van der Waals surface area contributed by atoms with E-state index in [0.29, 0.717) is 25.5 Å². The first-order valence-electron chi connectivity index (χ1n) is 8.38. The van der Waals surface area contributed by atoms with Crippen molar-refractivity contribution in [2.75, 3.05) is 18.4 Å². The first kappa shape index (κ1) is 20.4. The summed E-state index contributed by atoms with van der Waals surface area (Å²) in [6.07, 6.45) is 1.18. The Balaban J connectivity index is 1.59. The molecule has 0 spiro atoms. The summed E-state index contributed by atoms with van der Waals surface area (Å²) >= 11 is 1.11. The third-order valence-corrected chi connectivity index (χ3v) is 7.59. The fourth-order valence-electron chi connectivity index (χ4n) is 2.92. The van der Waals surface area contributed by atoms with Gasteiger partial charge < -0.3 is 10.6 Å². The number of hydrogen-bond acceptors (Lipinski definition) is 5. The molecule has 2 heterocycles. The average molecular weight is 429 g/mol. The van der Waals surface area contributed by atoms with Crippen molar-refractivity contribution in [2.45, 2.75) is 23.1 Å². The zero-order chi connectivity index (χ0) is 20.3. The number of carbonyl (C=O) groups is 2. The Bertz CT molecular complexity index is 980. The van der Waals surface area contributed by atoms with E-state index in [-0.39, 0.29) is 16.4 Å². The largest absolute Gasteiger partial charge is 0.346 e. The Morgan fingerprint density at radius 3 is 2.68 bits per heavy atom. The highest BCUT2D eigenvalue weighted by atomic mass is 32.2. The lowest BCUT2D eigenvalue weighted by atomic mass is 10.2. The van der Waals surface area contributed by atoms with Crippen LogP contribution in [0.2, 0.25) is 0 Å². The van der Waals surface area contributed by atoms with Gasteiger partial charge in [-0.3, -0.25) is 9.59 Å². The number of rotatable bonds is 5. The van der Waals surface area contributed by atoms with E-state index < -0.39 is 39.5 Å². The van der Waals surface area contributed by atoms with Crippen LogP contribution in [0.1, 0.15) is 12.8 Å². The Hall–Kier alpha value is -2.37. The van der Waals surface area contributed by atoms with Crippen LogP contribution in [0, 0.1) is 11.6 Å². The van der Waals surface area contributed by atoms with Gasteiger partial charge in [-0.25, -0.2) is 17.2 Å². The number of nitrogens with one attached hydrogen (secondary N) is 2. The minimum absolute atomic E-state index is 0.0528. The van der Waals surface area contributed by atoms with E-state index in [1.54, 1.807) is 11.4 Å². The number of amides is 2. The second-order valence-electron chi connectivity index (χ2n) is 6.13. The smallest absolute Gasteiger partial charge is 0.313 e. The van der Waals surface area contributed by atoms with Gasteiger partial charge in [-0.15, -0.1) is 11.3 Å². The quantitative estimate of drug-likeness (QED) is 0.710. The number of hydrogen-bond donors (Lipinski definition) is 2. The number of thiophene rings is 1. The predicted octanol–water partition coefficient (Wildman–Crippen LogP) is 1.93. The van der Waals surface area contributed by atoms with Gasteiger partial charge in [-0.1, -0.05) is 6.07 Å². The summed E-state index contributed by atoms with van der Waals surface area (Å²) in [6.45, 7) is 0.274. The molecular weight excluding hydrogens is 412 g/mol. The Morgan fingerprint density at radius 1 is 1.21 bits per heavy atom. The monoisotopic (exact) mass is 429 g/mol. The Morgan fingerprint density at radius 2 is 2.00 bits per heavy atom. The molecule has 2 N–H and O–H groups in total. The predicted molar refractivity (Wildman–Crippen MR) is 99.2 cm³/mol. The van der Waals surface area contributed by atoms with Crippen LogP contribution in [0.15, 0.2) is 39.9 Å². The van der Waals surface area contributed by atoms with Crippen LogP contribution in [0.3, 0.4) is 0 Å². The standard InChI is InChI=1S/C17H17F2N3O4S2/c18-11-5-6-14(13(19)9-11)21-17(24)16(23)20-10-12-3-1-7-22(12)28(25,26)15-4-2-8-27-15/h2,4-6,8-9,12H,1,3,7,10H2,(H,20,23)(H,21,24)/t12-/m0/s1. The summed E-state index contributed by atoms with van der Waals surface area (Å²) in [5, 5.41) is 6.09. The van der Waals surface area contributed by atoms with Crippen molar-refractivity contribution in [3.8, 4) is 0 Å². The van der Waals surface area contributed by atoms with Gasteiger partial charge in [0.2, 0.25) is 0 Å². The molecule has 1 aliphatic heterocycles. The number of sulfonamides is 1. The molecule has 3 rings (SSSR count). The summed E-state index contributed by atoms with van der Waals surface area (Å²) in [5.74, 6) is -3.99. The Kier molecular flexibility index (Phi) is 6.06. The maximum Gasteiger partial charge on any atom is 0.313 e. The normalized spacial score (nSPS) is 17.4. The van der Waals surface area contributed by atoms with Crippen molar-refractivity contribution in [2.24, 2.45) is 0 Å². The summed E-state index contributed by atoms with van der Waals surface area (Å²) in [5.41, 5.74) is -0.329. The van der Waals surface area contributed by atoms with Gasteiger partial charge in [-0.05, 0) is 36.4 Å². The molecule has 150 valence electrons. The molecule has 0 saturated carbocycles. The van der Waals surface area contributed by atoms with Crippen LogP contribution >= 0.6 is 11.3 Å². The number of benzene rings is 1. The lowest BCUT2D eigenvalue weighted by molar-refractivity contribution is -0.136. The summed E-state index contributed by atoms with van der Waals surface area (Å²) in [7, 11) is -3.66. The molecule has 1 atom stereocenters. The molecule has 0 unspecified atom stereocenters. The SMILES string of the molecule is O=C(NC[C@@H]1CCCN1S(=O)(=O)c1cccs1)C(=O)Nc1ccc(F)cc1F. The number of anilines is 1. The molecule has 1 saturated heterocycles. The second kappa shape index (κ2) is 8.33. The first-order chi connectivity index (χ1) is 13.3. The topological polar surface area (TPSA) is 95.6 Å². The molecule has 0 radical (unpaired) electrons. The van der Waals surface area contributed by atoms with Crippen LogP contribution < -0.4 is 10.6 Å². The van der Waals surface area contributed by atoms with E-state index in [1.807, 2.05) is 0 Å². The van der Waals surface area contributed by atoms with E-state index in [1.165, 1.54) is 10.4 Å². The van der Waals surface area contributed by atoms with Crippen LogP contribution in [0.4, 0.5) is 14.5 Å². The molecule has 1 aromatic carbocycles. The number of halogens is 2. The van der Waals surface area contributed by atoms with Crippen molar-refractivity contribution >= 4 is 38.9 Å².